The third-order valence-corrected chi connectivity index (χ3v) is 2.47. The van der Waals surface area contributed by atoms with E-state index in [0.29, 0.717) is 5.95 Å². The Labute approximate surface area is 94.8 Å². The van der Waals surface area contributed by atoms with Gasteiger partial charge in [-0.25, -0.2) is 0 Å². The molecule has 0 saturated carbocycles. The lowest BCUT2D eigenvalue weighted by atomic mass is 10.4. The van der Waals surface area contributed by atoms with Crippen LogP contribution in [-0.4, -0.2) is 19.5 Å². The van der Waals surface area contributed by atoms with Crippen LogP contribution < -0.4 is 0 Å². The number of hydrogen-bond acceptors (Lipinski definition) is 3. The molecule has 0 saturated heterocycles. The molecule has 0 unspecified atom stereocenters. The first-order valence-corrected chi connectivity index (χ1v) is 4.97. The van der Waals surface area contributed by atoms with Crippen LogP contribution >= 0.6 is 23.2 Å². The van der Waals surface area contributed by atoms with Crippen LogP contribution in [0, 0.1) is 0 Å². The molecule has 0 fully saturated rings. The van der Waals surface area contributed by atoms with E-state index in [1.807, 2.05) is 28.8 Å². The van der Waals surface area contributed by atoms with Gasteiger partial charge in [0.1, 0.15) is 0 Å². The summed E-state index contributed by atoms with van der Waals surface area (Å²) in [5.41, 5.74) is 2.01. The normalized spacial score (nSPS) is 11.3. The number of nitrogens with zero attached hydrogens (tertiary/aromatic N) is 4. The molecule has 0 N–H and O–H groups in total. The van der Waals surface area contributed by atoms with Crippen molar-refractivity contribution in [3.05, 3.63) is 34.8 Å². The average molecular weight is 239 g/mol. The predicted molar refractivity (Wildman–Crippen MR) is 57.9 cm³/mol. The third-order valence-electron chi connectivity index (χ3n) is 2.14. The van der Waals surface area contributed by atoms with E-state index in [-0.39, 0.29) is 10.6 Å². The number of hydrogen-bond donors (Lipinski definition) is 0. The molecular weight excluding hydrogens is 235 g/mol. The molecule has 4 nitrogen and oxygen atoms in total. The first-order chi connectivity index (χ1) is 7.24. The molecule has 0 spiro atoms. The summed E-state index contributed by atoms with van der Waals surface area (Å²) in [7, 11) is 0. The number of rotatable bonds is 1. The van der Waals surface area contributed by atoms with Gasteiger partial charge in [-0.15, -0.1) is 0 Å². The Kier molecular flexibility index (Phi) is 1.81. The maximum Gasteiger partial charge on any atom is 0.240 e. The van der Waals surface area contributed by atoms with Gasteiger partial charge in [0, 0.05) is 11.0 Å². The van der Waals surface area contributed by atoms with Crippen molar-refractivity contribution in [3.63, 3.8) is 0 Å². The molecule has 0 aliphatic heterocycles. The molecule has 3 aromatic rings. The summed E-state index contributed by atoms with van der Waals surface area (Å²) in [6, 6.07) is 7.89. The van der Waals surface area contributed by atoms with Crippen LogP contribution in [0.5, 0.6) is 0 Å². The van der Waals surface area contributed by atoms with Gasteiger partial charge in [0.25, 0.3) is 0 Å². The molecular formula is C9H4Cl2N4. The first kappa shape index (κ1) is 8.88. The highest BCUT2D eigenvalue weighted by Crippen LogP contribution is 2.21. The van der Waals surface area contributed by atoms with E-state index in [1.165, 1.54) is 0 Å². The van der Waals surface area contributed by atoms with Crippen LogP contribution in [0.4, 0.5) is 0 Å². The van der Waals surface area contributed by atoms with Gasteiger partial charge in [-0.1, -0.05) is 0 Å². The summed E-state index contributed by atoms with van der Waals surface area (Å²) in [4.78, 5) is 11.7. The quantitative estimate of drug-likeness (QED) is 0.655. The molecule has 15 heavy (non-hydrogen) atoms. The largest absolute Gasteiger partial charge is 0.279 e. The van der Waals surface area contributed by atoms with Crippen molar-refractivity contribution in [2.75, 3.05) is 0 Å². The van der Waals surface area contributed by atoms with E-state index in [0.717, 1.165) is 11.0 Å². The van der Waals surface area contributed by atoms with Crippen molar-refractivity contribution in [2.45, 2.75) is 0 Å². The van der Waals surface area contributed by atoms with Crippen molar-refractivity contribution in [1.29, 1.82) is 0 Å². The van der Waals surface area contributed by atoms with Gasteiger partial charge in [0.2, 0.25) is 16.5 Å². The monoisotopic (exact) mass is 238 g/mol. The van der Waals surface area contributed by atoms with Gasteiger partial charge in [-0.05, 0) is 47.5 Å². The molecule has 3 aromatic heterocycles. The minimum Gasteiger partial charge on any atom is -0.279 e. The van der Waals surface area contributed by atoms with Crippen molar-refractivity contribution < 1.29 is 0 Å². The van der Waals surface area contributed by atoms with Crippen LogP contribution in [0.25, 0.3) is 17.0 Å². The summed E-state index contributed by atoms with van der Waals surface area (Å²) < 4.78 is 1.86. The lowest BCUT2D eigenvalue weighted by Gasteiger charge is -2.01. The molecule has 6 heteroatoms. The Morgan fingerprint density at radius 2 is 1.27 bits per heavy atom. The standard InChI is InChI=1S/C9H4Cl2N4/c10-7-12-8(11)14-9(13-7)15-5-1-2-6(15)4-3-5/h1-4H. The average Bonchev–Trinajstić information content (AvgIpc) is 2.74. The minimum absolute atomic E-state index is 0.0949. The zero-order chi connectivity index (χ0) is 10.4. The van der Waals surface area contributed by atoms with Crippen molar-refractivity contribution >= 4 is 34.2 Å². The van der Waals surface area contributed by atoms with Crippen LogP contribution in [0.15, 0.2) is 24.3 Å². The van der Waals surface area contributed by atoms with Gasteiger partial charge in [0.05, 0.1) is 0 Å². The molecule has 2 bridgehead atoms. The molecule has 0 aliphatic rings. The maximum absolute atomic E-state index is 5.71. The highest BCUT2D eigenvalue weighted by molar-refractivity contribution is 6.31. The lowest BCUT2D eigenvalue weighted by molar-refractivity contribution is 0.944. The van der Waals surface area contributed by atoms with Crippen molar-refractivity contribution in [2.24, 2.45) is 0 Å². The summed E-state index contributed by atoms with van der Waals surface area (Å²) in [5.74, 6) is 0.444. The SMILES string of the molecule is Clc1nc(Cl)nc(-n2c3ccc2cc3)n1. The smallest absolute Gasteiger partial charge is 0.240 e. The second-order valence-electron chi connectivity index (χ2n) is 3.03. The van der Waals surface area contributed by atoms with Crippen LogP contribution in [0.2, 0.25) is 10.6 Å². The third kappa shape index (κ3) is 1.33. The Morgan fingerprint density at radius 3 is 1.73 bits per heavy atom. The van der Waals surface area contributed by atoms with E-state index in [2.05, 4.69) is 15.0 Å². The minimum atomic E-state index is 0.0949. The molecule has 3 heterocycles. The fourth-order valence-electron chi connectivity index (χ4n) is 1.55. The molecule has 0 radical (unpaired) electrons. The summed E-state index contributed by atoms with van der Waals surface area (Å²) in [6.07, 6.45) is 0. The summed E-state index contributed by atoms with van der Waals surface area (Å²) >= 11 is 11.4. The first-order valence-electron chi connectivity index (χ1n) is 4.21. The van der Waals surface area contributed by atoms with Crippen LogP contribution in [0.3, 0.4) is 0 Å². The predicted octanol–water partition coefficient (Wildman–Crippen LogP) is 2.56. The zero-order valence-electron chi connectivity index (χ0n) is 7.35. The zero-order valence-corrected chi connectivity index (χ0v) is 8.87. The van der Waals surface area contributed by atoms with Crippen molar-refractivity contribution in [3.8, 4) is 5.95 Å². The van der Waals surface area contributed by atoms with Gasteiger partial charge >= 0.3 is 0 Å². The maximum atomic E-state index is 5.71. The lowest BCUT2D eigenvalue weighted by Crippen LogP contribution is -2.01. The van der Waals surface area contributed by atoms with E-state index in [9.17, 15) is 0 Å². The molecule has 3 rings (SSSR count). The molecule has 74 valence electrons. The second kappa shape index (κ2) is 3.05. The highest BCUT2D eigenvalue weighted by atomic mass is 35.5. The van der Waals surface area contributed by atoms with Gasteiger partial charge in [0.15, 0.2) is 0 Å². The number of benzene rings is 1. The molecule has 0 aromatic carbocycles. The van der Waals surface area contributed by atoms with Gasteiger partial charge < -0.3 is 0 Å². The summed E-state index contributed by atoms with van der Waals surface area (Å²) in [6.45, 7) is 0. The fraction of sp³-hybridized carbons (Fsp3) is 0. The Bertz CT molecular complexity index is 551. The van der Waals surface area contributed by atoms with E-state index < -0.39 is 0 Å². The van der Waals surface area contributed by atoms with Crippen LogP contribution in [-0.2, 0) is 0 Å². The molecule has 0 amide bonds. The second-order valence-corrected chi connectivity index (χ2v) is 3.70. The summed E-state index contributed by atoms with van der Waals surface area (Å²) in [5, 5.41) is 0.190. The van der Waals surface area contributed by atoms with E-state index in [1.54, 1.807) is 0 Å². The Balaban J connectivity index is 2.29. The van der Waals surface area contributed by atoms with Crippen LogP contribution in [0.1, 0.15) is 0 Å². The Hall–Kier alpha value is -1.39. The molecule has 0 aliphatic carbocycles. The number of fused-ring (bicyclic) bond motifs is 2. The number of aromatic nitrogens is 4. The van der Waals surface area contributed by atoms with Crippen molar-refractivity contribution in [1.82, 2.24) is 19.5 Å². The molecule has 0 atom stereocenters. The van der Waals surface area contributed by atoms with E-state index in [4.69, 9.17) is 23.2 Å². The van der Waals surface area contributed by atoms with Gasteiger partial charge in [-0.2, -0.15) is 15.0 Å². The fourth-order valence-corrected chi connectivity index (χ4v) is 1.90. The van der Waals surface area contributed by atoms with E-state index >= 15 is 0 Å². The Morgan fingerprint density at radius 1 is 0.800 bits per heavy atom. The van der Waals surface area contributed by atoms with Gasteiger partial charge in [-0.3, -0.25) is 4.57 Å². The topological polar surface area (TPSA) is 43.6 Å². The number of halogens is 2. The highest BCUT2D eigenvalue weighted by Gasteiger charge is 2.10.